The Labute approximate surface area is 194 Å². The third-order valence-electron chi connectivity index (χ3n) is 6.76. The molecule has 0 unspecified atom stereocenters. The molecule has 6 rings (SSSR count). The molecule has 1 N–H and O–H groups in total. The molecule has 1 aliphatic carbocycles. The number of hydrogen-bond acceptors (Lipinski definition) is 7. The van der Waals surface area contributed by atoms with Crippen LogP contribution in [-0.4, -0.2) is 49.9 Å². The van der Waals surface area contributed by atoms with Gasteiger partial charge in [0.15, 0.2) is 16.8 Å². The van der Waals surface area contributed by atoms with E-state index in [1.807, 2.05) is 41.5 Å². The summed E-state index contributed by atoms with van der Waals surface area (Å²) in [5.74, 6) is 1.24. The normalized spacial score (nSPS) is 18.3. The highest BCUT2D eigenvalue weighted by molar-refractivity contribution is 5.81. The van der Waals surface area contributed by atoms with Crippen LogP contribution in [0.25, 0.3) is 33.7 Å². The summed E-state index contributed by atoms with van der Waals surface area (Å²) in [6.45, 7) is 4.89. The fourth-order valence-corrected chi connectivity index (χ4v) is 5.03. The SMILES string of the molecule is CCn1ncc(-c2nc3c(O[C@@H]4CC[C@H](n5c(=O)[nH]c6ncccc65)C4)ncnc3n2C)c1C. The number of nitrogens with zero attached hydrogens (tertiary/aromatic N) is 8. The second kappa shape index (κ2) is 7.79. The summed E-state index contributed by atoms with van der Waals surface area (Å²) in [6, 6.07) is 3.80. The number of imidazole rings is 2. The van der Waals surface area contributed by atoms with Crippen molar-refractivity contribution in [1.82, 2.24) is 43.8 Å². The fraction of sp³-hybridized carbons (Fsp3) is 0.391. The van der Waals surface area contributed by atoms with Crippen LogP contribution in [0.5, 0.6) is 5.88 Å². The van der Waals surface area contributed by atoms with E-state index in [1.54, 1.807) is 10.8 Å². The molecule has 1 fully saturated rings. The molecule has 34 heavy (non-hydrogen) atoms. The molecule has 0 saturated heterocycles. The Morgan fingerprint density at radius 2 is 2.12 bits per heavy atom. The lowest BCUT2D eigenvalue weighted by Crippen LogP contribution is -2.22. The van der Waals surface area contributed by atoms with E-state index < -0.39 is 0 Å². The fourth-order valence-electron chi connectivity index (χ4n) is 5.03. The van der Waals surface area contributed by atoms with E-state index in [0.717, 1.165) is 42.0 Å². The molecule has 0 aromatic carbocycles. The largest absolute Gasteiger partial charge is 0.473 e. The molecule has 5 aromatic rings. The Balaban J connectivity index is 1.30. The zero-order chi connectivity index (χ0) is 23.4. The minimum atomic E-state index is -0.138. The number of hydrogen-bond donors (Lipinski definition) is 1. The van der Waals surface area contributed by atoms with Crippen molar-refractivity contribution in [1.29, 1.82) is 0 Å². The van der Waals surface area contributed by atoms with Crippen molar-refractivity contribution in [3.8, 4) is 17.3 Å². The van der Waals surface area contributed by atoms with Crippen molar-refractivity contribution in [3.63, 3.8) is 0 Å². The summed E-state index contributed by atoms with van der Waals surface area (Å²) in [4.78, 5) is 33.4. The molecular weight excluding hydrogens is 434 g/mol. The maximum Gasteiger partial charge on any atom is 0.327 e. The molecule has 11 nitrogen and oxygen atoms in total. The lowest BCUT2D eigenvalue weighted by Gasteiger charge is -2.14. The van der Waals surface area contributed by atoms with E-state index in [0.29, 0.717) is 29.1 Å². The first-order valence-electron chi connectivity index (χ1n) is 11.5. The molecule has 11 heteroatoms. The molecule has 0 bridgehead atoms. The average Bonchev–Trinajstić information content (AvgIpc) is 3.59. The molecule has 1 saturated carbocycles. The highest BCUT2D eigenvalue weighted by atomic mass is 16.5. The predicted molar refractivity (Wildman–Crippen MR) is 126 cm³/mol. The number of rotatable bonds is 5. The molecule has 2 atom stereocenters. The van der Waals surface area contributed by atoms with Crippen LogP contribution in [0.15, 0.2) is 35.6 Å². The summed E-state index contributed by atoms with van der Waals surface area (Å²) >= 11 is 0. The van der Waals surface area contributed by atoms with E-state index >= 15 is 0 Å². The van der Waals surface area contributed by atoms with Crippen molar-refractivity contribution in [3.05, 3.63) is 47.0 Å². The number of fused-ring (bicyclic) bond motifs is 2. The van der Waals surface area contributed by atoms with Crippen LogP contribution < -0.4 is 10.4 Å². The first kappa shape index (κ1) is 20.6. The van der Waals surface area contributed by atoms with Gasteiger partial charge in [-0.05, 0) is 38.8 Å². The Hall–Kier alpha value is -4.02. The summed E-state index contributed by atoms with van der Waals surface area (Å²) in [5.41, 5.74) is 4.63. The number of aryl methyl sites for hydroxylation is 2. The summed E-state index contributed by atoms with van der Waals surface area (Å²) in [5, 5.41) is 4.45. The highest BCUT2D eigenvalue weighted by Crippen LogP contribution is 2.35. The number of nitrogens with one attached hydrogen (secondary N) is 1. The van der Waals surface area contributed by atoms with Crippen LogP contribution in [0, 0.1) is 6.92 Å². The van der Waals surface area contributed by atoms with Crippen LogP contribution >= 0.6 is 0 Å². The van der Waals surface area contributed by atoms with Gasteiger partial charge in [-0.1, -0.05) is 0 Å². The van der Waals surface area contributed by atoms with Gasteiger partial charge in [0.1, 0.15) is 18.3 Å². The third-order valence-corrected chi connectivity index (χ3v) is 6.76. The Morgan fingerprint density at radius 3 is 2.94 bits per heavy atom. The van der Waals surface area contributed by atoms with Gasteiger partial charge in [0.2, 0.25) is 5.88 Å². The predicted octanol–water partition coefficient (Wildman–Crippen LogP) is 2.77. The van der Waals surface area contributed by atoms with Gasteiger partial charge < -0.3 is 9.30 Å². The Morgan fingerprint density at radius 1 is 1.24 bits per heavy atom. The summed E-state index contributed by atoms with van der Waals surface area (Å²) in [6.07, 6.45) is 7.30. The summed E-state index contributed by atoms with van der Waals surface area (Å²) < 4.78 is 12.0. The third kappa shape index (κ3) is 3.11. The second-order valence-electron chi connectivity index (χ2n) is 8.68. The van der Waals surface area contributed by atoms with Crippen LogP contribution in [0.2, 0.25) is 0 Å². The maximum atomic E-state index is 12.6. The standard InChI is InChI=1S/C23H25N9O2/c1-4-31-13(2)16(11-27-31)20-28-18-21(30(20)3)25-12-26-22(18)34-15-8-7-14(10-15)32-17-6-5-9-24-19(17)29-23(32)33/h5-6,9,11-12,14-15H,4,7-8,10H2,1-3H3,(H,24,29,33)/t14-,15+/m0/s1. The van der Waals surface area contributed by atoms with Crippen LogP contribution in [-0.2, 0) is 13.6 Å². The topological polar surface area (TPSA) is 121 Å². The maximum absolute atomic E-state index is 12.6. The van der Waals surface area contributed by atoms with Crippen LogP contribution in [0.4, 0.5) is 0 Å². The average molecular weight is 460 g/mol. The number of ether oxygens (including phenoxy) is 1. The van der Waals surface area contributed by atoms with Gasteiger partial charge in [-0.15, -0.1) is 0 Å². The smallest absolute Gasteiger partial charge is 0.327 e. The second-order valence-corrected chi connectivity index (χ2v) is 8.68. The van der Waals surface area contributed by atoms with Crippen molar-refractivity contribution in [2.75, 3.05) is 0 Å². The lowest BCUT2D eigenvalue weighted by atomic mass is 10.2. The number of aromatic nitrogens is 9. The minimum Gasteiger partial charge on any atom is -0.473 e. The van der Waals surface area contributed by atoms with Gasteiger partial charge >= 0.3 is 5.69 Å². The van der Waals surface area contributed by atoms with E-state index in [-0.39, 0.29) is 17.8 Å². The highest BCUT2D eigenvalue weighted by Gasteiger charge is 2.31. The first-order chi connectivity index (χ1) is 16.5. The van der Waals surface area contributed by atoms with Gasteiger partial charge in [-0.3, -0.25) is 14.2 Å². The van der Waals surface area contributed by atoms with E-state index in [4.69, 9.17) is 9.72 Å². The minimum absolute atomic E-state index is 0.0367. The molecule has 0 radical (unpaired) electrons. The lowest BCUT2D eigenvalue weighted by molar-refractivity contribution is 0.198. The van der Waals surface area contributed by atoms with Crippen molar-refractivity contribution in [2.24, 2.45) is 7.05 Å². The van der Waals surface area contributed by atoms with Crippen molar-refractivity contribution in [2.45, 2.75) is 51.8 Å². The van der Waals surface area contributed by atoms with Gasteiger partial charge in [0, 0.05) is 37.9 Å². The molecule has 1 aliphatic rings. The van der Waals surface area contributed by atoms with Crippen LogP contribution in [0.3, 0.4) is 0 Å². The molecule has 0 aliphatic heterocycles. The molecule has 0 amide bonds. The Bertz CT molecular complexity index is 1570. The molecular formula is C23H25N9O2. The molecule has 5 aromatic heterocycles. The number of H-pyrrole nitrogens is 1. The van der Waals surface area contributed by atoms with Gasteiger partial charge in [-0.25, -0.2) is 19.7 Å². The first-order valence-corrected chi connectivity index (χ1v) is 11.5. The monoisotopic (exact) mass is 459 g/mol. The number of aromatic amines is 1. The zero-order valence-electron chi connectivity index (χ0n) is 19.3. The van der Waals surface area contributed by atoms with E-state index in [1.165, 1.54) is 6.33 Å². The number of pyridine rings is 1. The van der Waals surface area contributed by atoms with Gasteiger partial charge in [0.05, 0.1) is 17.3 Å². The summed E-state index contributed by atoms with van der Waals surface area (Å²) in [7, 11) is 1.94. The molecule has 0 spiro atoms. The van der Waals surface area contributed by atoms with Gasteiger partial charge in [0.25, 0.3) is 0 Å². The molecule has 174 valence electrons. The van der Waals surface area contributed by atoms with Crippen molar-refractivity contribution < 1.29 is 4.74 Å². The van der Waals surface area contributed by atoms with Crippen molar-refractivity contribution >= 4 is 22.3 Å². The Kier molecular flexibility index (Phi) is 4.71. The van der Waals surface area contributed by atoms with E-state index in [2.05, 4.69) is 32.0 Å². The zero-order valence-corrected chi connectivity index (χ0v) is 19.3. The molecule has 5 heterocycles. The van der Waals surface area contributed by atoms with Gasteiger partial charge in [-0.2, -0.15) is 10.1 Å². The van der Waals surface area contributed by atoms with Crippen LogP contribution in [0.1, 0.15) is 37.9 Å². The van der Waals surface area contributed by atoms with E-state index in [9.17, 15) is 4.79 Å². The quantitative estimate of drug-likeness (QED) is 0.429.